The summed E-state index contributed by atoms with van der Waals surface area (Å²) in [7, 11) is -4.06. The van der Waals surface area contributed by atoms with Crippen molar-refractivity contribution in [1.29, 1.82) is 0 Å². The van der Waals surface area contributed by atoms with Crippen LogP contribution in [0.15, 0.2) is 58.8 Å². The van der Waals surface area contributed by atoms with Crippen LogP contribution in [0.5, 0.6) is 0 Å². The number of hydrogen-bond acceptors (Lipinski definition) is 4. The van der Waals surface area contributed by atoms with Crippen molar-refractivity contribution in [3.63, 3.8) is 0 Å². The number of benzene rings is 2. The van der Waals surface area contributed by atoms with Crippen molar-refractivity contribution in [1.82, 2.24) is 9.62 Å². The van der Waals surface area contributed by atoms with Gasteiger partial charge in [0.05, 0.1) is 10.5 Å². The van der Waals surface area contributed by atoms with Gasteiger partial charge in [0.2, 0.25) is 15.9 Å². The fourth-order valence-electron chi connectivity index (χ4n) is 4.03. The van der Waals surface area contributed by atoms with Crippen LogP contribution in [-0.2, 0) is 27.4 Å². The lowest BCUT2D eigenvalue weighted by atomic mass is 9.97. The molecule has 1 amide bonds. The maximum absolute atomic E-state index is 13.0. The Morgan fingerprint density at radius 2 is 1.82 bits per heavy atom. The second kappa shape index (κ2) is 9.44. The monoisotopic (exact) mass is 496 g/mol. The fraction of sp³-hybridized carbons (Fsp3) is 0.348. The van der Waals surface area contributed by atoms with Crippen molar-refractivity contribution in [2.24, 2.45) is 5.92 Å². The Kier molecular flexibility index (Phi) is 6.78. The third kappa shape index (κ3) is 5.23. The molecule has 2 aromatic carbocycles. The van der Waals surface area contributed by atoms with E-state index in [2.05, 4.69) is 22.8 Å². The summed E-state index contributed by atoms with van der Waals surface area (Å²) >= 11 is 1.67. The molecule has 0 atom stereocenters. The van der Waals surface area contributed by atoms with E-state index in [1.165, 1.54) is 15.6 Å². The number of halogens is 3. The second-order valence-electron chi connectivity index (χ2n) is 8.00. The second-order valence-corrected chi connectivity index (χ2v) is 10.9. The van der Waals surface area contributed by atoms with Crippen molar-refractivity contribution < 1.29 is 26.4 Å². The van der Waals surface area contributed by atoms with Gasteiger partial charge in [-0.25, -0.2) is 8.42 Å². The predicted octanol–water partition coefficient (Wildman–Crippen LogP) is 4.68. The minimum atomic E-state index is -4.62. The lowest BCUT2D eigenvalue weighted by molar-refractivity contribution is -0.137. The number of piperidine rings is 1. The highest BCUT2D eigenvalue weighted by molar-refractivity contribution is 7.89. The van der Waals surface area contributed by atoms with Crippen LogP contribution in [0.4, 0.5) is 13.2 Å². The first kappa shape index (κ1) is 23.7. The van der Waals surface area contributed by atoms with Crippen LogP contribution in [0.2, 0.25) is 0 Å². The van der Waals surface area contributed by atoms with Gasteiger partial charge in [-0.1, -0.05) is 24.3 Å². The van der Waals surface area contributed by atoms with Crippen molar-refractivity contribution in [3.8, 4) is 0 Å². The smallest absolute Gasteiger partial charge is 0.356 e. The number of nitrogens with one attached hydrogen (secondary N) is 1. The Hall–Kier alpha value is -2.43. The van der Waals surface area contributed by atoms with E-state index in [0.29, 0.717) is 31.9 Å². The SMILES string of the molecule is O=C(NCCc1csc2ccccc12)C1CCN(S(=O)(=O)c2cccc(C(F)(F)F)c2)CC1. The molecule has 176 valence electrons. The number of hydrogen-bond donors (Lipinski definition) is 1. The average molecular weight is 497 g/mol. The molecular formula is C23H23F3N2O3S2. The van der Waals surface area contributed by atoms with Crippen LogP contribution >= 0.6 is 11.3 Å². The average Bonchev–Trinajstić information content (AvgIpc) is 3.22. The van der Waals surface area contributed by atoms with Gasteiger partial charge in [0, 0.05) is 30.3 Å². The van der Waals surface area contributed by atoms with E-state index >= 15 is 0 Å². The van der Waals surface area contributed by atoms with Gasteiger partial charge in [0.15, 0.2) is 0 Å². The number of rotatable bonds is 6. The number of amides is 1. The first-order valence-electron chi connectivity index (χ1n) is 10.6. The number of alkyl halides is 3. The van der Waals surface area contributed by atoms with Crippen LogP contribution in [0.25, 0.3) is 10.1 Å². The molecule has 0 bridgehead atoms. The molecule has 1 aliphatic heterocycles. The van der Waals surface area contributed by atoms with Gasteiger partial charge in [-0.2, -0.15) is 17.5 Å². The topological polar surface area (TPSA) is 66.5 Å². The maximum atomic E-state index is 13.0. The molecule has 4 rings (SSSR count). The van der Waals surface area contributed by atoms with E-state index in [1.807, 2.05) is 12.1 Å². The standard InChI is InChI=1S/C23H23F3N2O3S2/c24-23(25,26)18-4-3-5-19(14-18)33(30,31)28-12-9-16(10-13-28)22(29)27-11-8-17-15-32-21-7-2-1-6-20(17)21/h1-7,14-16H,8-13H2,(H,27,29). The zero-order valence-corrected chi connectivity index (χ0v) is 19.3. The van der Waals surface area contributed by atoms with Gasteiger partial charge in [-0.3, -0.25) is 4.79 Å². The van der Waals surface area contributed by atoms with Gasteiger partial charge in [0.1, 0.15) is 0 Å². The summed E-state index contributed by atoms with van der Waals surface area (Å²) in [6, 6.07) is 11.8. The van der Waals surface area contributed by atoms with Gasteiger partial charge < -0.3 is 5.32 Å². The summed E-state index contributed by atoms with van der Waals surface area (Å²) in [4.78, 5) is 12.2. The fourth-order valence-corrected chi connectivity index (χ4v) is 6.54. The Labute approximate surface area is 194 Å². The van der Waals surface area contributed by atoms with E-state index in [-0.39, 0.29) is 29.8 Å². The number of carbonyl (C=O) groups is 1. The predicted molar refractivity (Wildman–Crippen MR) is 121 cm³/mol. The van der Waals surface area contributed by atoms with E-state index < -0.39 is 21.8 Å². The largest absolute Gasteiger partial charge is 0.416 e. The molecule has 33 heavy (non-hydrogen) atoms. The molecule has 1 aromatic heterocycles. The van der Waals surface area contributed by atoms with Crippen molar-refractivity contribution in [3.05, 3.63) is 65.0 Å². The maximum Gasteiger partial charge on any atom is 0.416 e. The Morgan fingerprint density at radius 3 is 2.55 bits per heavy atom. The summed E-state index contributed by atoms with van der Waals surface area (Å²) < 4.78 is 66.8. The highest BCUT2D eigenvalue weighted by Gasteiger charge is 2.35. The third-order valence-corrected chi connectivity index (χ3v) is 8.79. The molecule has 1 aliphatic rings. The van der Waals surface area contributed by atoms with Gasteiger partial charge in [-0.15, -0.1) is 11.3 Å². The molecule has 1 saturated heterocycles. The first-order valence-corrected chi connectivity index (χ1v) is 12.9. The van der Waals surface area contributed by atoms with Crippen molar-refractivity contribution in [2.45, 2.75) is 30.3 Å². The summed E-state index contributed by atoms with van der Waals surface area (Å²) in [5.41, 5.74) is 0.175. The van der Waals surface area contributed by atoms with Crippen LogP contribution in [0, 0.1) is 5.92 Å². The number of carbonyl (C=O) groups excluding carboxylic acids is 1. The van der Waals surface area contributed by atoms with Gasteiger partial charge in [-0.05, 0) is 59.9 Å². The highest BCUT2D eigenvalue weighted by Crippen LogP contribution is 2.32. The van der Waals surface area contributed by atoms with Gasteiger partial charge >= 0.3 is 6.18 Å². The molecule has 1 fully saturated rings. The molecule has 0 radical (unpaired) electrons. The summed E-state index contributed by atoms with van der Waals surface area (Å²) in [5.74, 6) is -0.442. The van der Waals surface area contributed by atoms with Crippen LogP contribution in [-0.4, -0.2) is 38.3 Å². The molecule has 2 heterocycles. The Balaban J connectivity index is 1.31. The summed E-state index contributed by atoms with van der Waals surface area (Å²) in [5, 5.41) is 6.21. The molecule has 0 aliphatic carbocycles. The van der Waals surface area contributed by atoms with Crippen LogP contribution < -0.4 is 5.32 Å². The lowest BCUT2D eigenvalue weighted by Gasteiger charge is -2.30. The third-order valence-electron chi connectivity index (χ3n) is 5.88. The minimum absolute atomic E-state index is 0.0891. The van der Waals surface area contributed by atoms with Crippen LogP contribution in [0.3, 0.4) is 0 Å². The first-order chi connectivity index (χ1) is 15.7. The molecule has 0 spiro atoms. The normalized spacial score (nSPS) is 16.2. The molecular weight excluding hydrogens is 473 g/mol. The van der Waals surface area contributed by atoms with Crippen molar-refractivity contribution >= 4 is 37.4 Å². The zero-order valence-electron chi connectivity index (χ0n) is 17.6. The molecule has 5 nitrogen and oxygen atoms in total. The number of fused-ring (bicyclic) bond motifs is 1. The van der Waals surface area contributed by atoms with Crippen LogP contribution in [0.1, 0.15) is 24.0 Å². The van der Waals surface area contributed by atoms with Gasteiger partial charge in [0.25, 0.3) is 0 Å². The summed E-state index contributed by atoms with van der Waals surface area (Å²) in [6.45, 7) is 0.667. The number of nitrogens with zero attached hydrogens (tertiary/aromatic N) is 1. The van der Waals surface area contributed by atoms with E-state index in [4.69, 9.17) is 0 Å². The minimum Gasteiger partial charge on any atom is -0.356 e. The molecule has 1 N–H and O–H groups in total. The van der Waals surface area contributed by atoms with E-state index in [1.54, 1.807) is 11.3 Å². The van der Waals surface area contributed by atoms with E-state index in [9.17, 15) is 26.4 Å². The Bertz CT molecular complexity index is 1250. The van der Waals surface area contributed by atoms with E-state index in [0.717, 1.165) is 22.5 Å². The molecule has 0 unspecified atom stereocenters. The molecule has 10 heteroatoms. The number of thiophene rings is 1. The quantitative estimate of drug-likeness (QED) is 0.539. The lowest BCUT2D eigenvalue weighted by Crippen LogP contribution is -2.43. The molecule has 3 aromatic rings. The zero-order chi connectivity index (χ0) is 23.6. The molecule has 0 saturated carbocycles. The highest BCUT2D eigenvalue weighted by atomic mass is 32.2. The number of sulfonamides is 1. The van der Waals surface area contributed by atoms with Crippen molar-refractivity contribution in [2.75, 3.05) is 19.6 Å². The summed E-state index contributed by atoms with van der Waals surface area (Å²) in [6.07, 6.45) is -3.26. The Morgan fingerprint density at radius 1 is 1.09 bits per heavy atom.